The summed E-state index contributed by atoms with van der Waals surface area (Å²) in [5, 5.41) is 4.93. The lowest BCUT2D eigenvalue weighted by Crippen LogP contribution is -2.27. The average molecular weight is 767 g/mol. The fraction of sp³-hybridized carbons (Fsp3) is 0.0357. The smallest absolute Gasteiger partial charge is 0.160 e. The monoisotopic (exact) mass is 766 g/mol. The summed E-state index contributed by atoms with van der Waals surface area (Å²) in [7, 11) is 0. The van der Waals surface area contributed by atoms with Gasteiger partial charge in [0.1, 0.15) is 0 Å². The maximum atomic E-state index is 5.14. The van der Waals surface area contributed by atoms with E-state index in [1.54, 1.807) is 0 Å². The first-order chi connectivity index (χ1) is 29.7. The van der Waals surface area contributed by atoms with Crippen LogP contribution < -0.4 is 4.90 Å². The van der Waals surface area contributed by atoms with Gasteiger partial charge in [-0.2, -0.15) is 0 Å². The zero-order chi connectivity index (χ0) is 39.6. The molecule has 0 saturated heterocycles. The van der Waals surface area contributed by atoms with Gasteiger partial charge in [0.2, 0.25) is 0 Å². The van der Waals surface area contributed by atoms with E-state index in [4.69, 9.17) is 9.97 Å². The van der Waals surface area contributed by atoms with Crippen LogP contribution in [0.3, 0.4) is 0 Å². The Labute approximate surface area is 348 Å². The van der Waals surface area contributed by atoms with Gasteiger partial charge in [-0.25, -0.2) is 9.97 Å². The van der Waals surface area contributed by atoms with Crippen molar-refractivity contribution < 1.29 is 0 Å². The maximum Gasteiger partial charge on any atom is 0.160 e. The zero-order valence-electron chi connectivity index (χ0n) is 32.8. The van der Waals surface area contributed by atoms with Crippen LogP contribution in [0.25, 0.3) is 88.9 Å². The van der Waals surface area contributed by atoms with E-state index in [-0.39, 0.29) is 6.04 Å². The van der Waals surface area contributed by atoms with Crippen molar-refractivity contribution >= 4 is 49.5 Å². The molecule has 0 amide bonds. The summed E-state index contributed by atoms with van der Waals surface area (Å²) in [5.74, 6) is 0.717. The van der Waals surface area contributed by atoms with Gasteiger partial charge in [-0.15, -0.1) is 0 Å². The molecular weight excluding hydrogens is 729 g/mol. The molecule has 2 aromatic heterocycles. The fourth-order valence-corrected chi connectivity index (χ4v) is 9.38. The molecule has 0 unspecified atom stereocenters. The quantitative estimate of drug-likeness (QED) is 0.169. The molecule has 0 spiro atoms. The van der Waals surface area contributed by atoms with E-state index in [1.807, 2.05) is 18.2 Å². The molecule has 1 atom stereocenters. The number of hydrogen-bond donors (Lipinski definition) is 0. The molecular formula is C56H38N4. The number of fused-ring (bicyclic) bond motifs is 7. The summed E-state index contributed by atoms with van der Waals surface area (Å²) in [4.78, 5) is 12.8. The van der Waals surface area contributed by atoms with Crippen LogP contribution in [0.2, 0.25) is 0 Å². The van der Waals surface area contributed by atoms with Gasteiger partial charge in [0.15, 0.2) is 5.82 Å². The molecule has 0 bridgehead atoms. The molecule has 0 saturated carbocycles. The van der Waals surface area contributed by atoms with Gasteiger partial charge < -0.3 is 9.47 Å². The number of hydrogen-bond acceptors (Lipinski definition) is 3. The Morgan fingerprint density at radius 1 is 0.450 bits per heavy atom. The van der Waals surface area contributed by atoms with Crippen LogP contribution in [0.15, 0.2) is 212 Å². The fourth-order valence-electron chi connectivity index (χ4n) is 9.38. The van der Waals surface area contributed by atoms with E-state index in [1.165, 1.54) is 71.9 Å². The van der Waals surface area contributed by atoms with Gasteiger partial charge in [-0.1, -0.05) is 146 Å². The standard InChI is InChI=1S/C56H38N4/c1-3-14-39(15-4-1)56-57-50(36-51(58-56)43-24-23-37-13-7-8-16-40(37)33-43)38-25-29-45(30-26-38)60-53-22-12-10-20-47(53)49-35-42(28-32-55(49)60)41-27-31-54-48(34-41)46-19-9-11-21-52(46)59(54)44-17-5-2-6-18-44/h1-21,23-36,53H,22H2/t53-/m1/s1. The van der Waals surface area contributed by atoms with Crippen molar-refractivity contribution in [3.05, 3.63) is 218 Å². The maximum absolute atomic E-state index is 5.14. The van der Waals surface area contributed by atoms with Gasteiger partial charge in [0, 0.05) is 50.1 Å². The SMILES string of the molecule is C1=CC[C@@H]2C(=C1)c1cc(-c3ccc4c(c3)c3ccccc3n4-c3ccccc3)ccc1N2c1ccc(-c2cc(-c3ccc4ccccc4c3)nc(-c3ccccc3)n2)cc1. The molecule has 0 fully saturated rings. The Hall–Kier alpha value is -7.82. The highest BCUT2D eigenvalue weighted by Crippen LogP contribution is 2.49. The average Bonchev–Trinajstić information content (AvgIpc) is 3.84. The normalized spacial score (nSPS) is 14.4. The van der Waals surface area contributed by atoms with Gasteiger partial charge in [0.05, 0.1) is 28.5 Å². The minimum absolute atomic E-state index is 0.223. The number of allylic oxidation sites excluding steroid dienone is 2. The van der Waals surface area contributed by atoms with E-state index in [0.29, 0.717) is 0 Å². The van der Waals surface area contributed by atoms with E-state index in [9.17, 15) is 0 Å². The van der Waals surface area contributed by atoms with E-state index >= 15 is 0 Å². The van der Waals surface area contributed by atoms with Crippen LogP contribution in [-0.2, 0) is 0 Å². The van der Waals surface area contributed by atoms with Crippen molar-refractivity contribution in [3.8, 4) is 50.7 Å². The molecule has 0 radical (unpaired) electrons. The van der Waals surface area contributed by atoms with E-state index in [2.05, 4.69) is 204 Å². The summed E-state index contributed by atoms with van der Waals surface area (Å²) in [6, 6.07) is 69.9. The molecule has 3 heterocycles. The third-order valence-electron chi connectivity index (χ3n) is 12.3. The zero-order valence-corrected chi connectivity index (χ0v) is 32.8. The van der Waals surface area contributed by atoms with Crippen molar-refractivity contribution in [3.63, 3.8) is 0 Å². The van der Waals surface area contributed by atoms with E-state index < -0.39 is 0 Å². The first-order valence-corrected chi connectivity index (χ1v) is 20.7. The highest BCUT2D eigenvalue weighted by atomic mass is 15.2. The van der Waals surface area contributed by atoms with Crippen LogP contribution in [0, 0.1) is 0 Å². The van der Waals surface area contributed by atoms with Crippen LogP contribution in [0.1, 0.15) is 12.0 Å². The Kier molecular flexibility index (Phi) is 7.95. The second-order valence-electron chi connectivity index (χ2n) is 15.8. The third-order valence-corrected chi connectivity index (χ3v) is 12.3. The predicted octanol–water partition coefficient (Wildman–Crippen LogP) is 14.3. The van der Waals surface area contributed by atoms with Crippen molar-refractivity contribution in [2.24, 2.45) is 0 Å². The Bertz CT molecular complexity index is 3340. The Morgan fingerprint density at radius 3 is 1.97 bits per heavy atom. The third kappa shape index (κ3) is 5.68. The second kappa shape index (κ2) is 13.9. The Morgan fingerprint density at radius 2 is 1.12 bits per heavy atom. The van der Waals surface area contributed by atoms with Crippen molar-refractivity contribution in [1.82, 2.24) is 14.5 Å². The minimum Gasteiger partial charge on any atom is -0.333 e. The first-order valence-electron chi connectivity index (χ1n) is 20.7. The molecule has 4 nitrogen and oxygen atoms in total. The molecule has 12 rings (SSSR count). The number of nitrogens with zero attached hydrogens (tertiary/aromatic N) is 4. The number of benzene rings is 8. The van der Waals surface area contributed by atoms with E-state index in [0.717, 1.165) is 40.3 Å². The van der Waals surface area contributed by atoms with Gasteiger partial charge in [-0.05, 0) is 101 Å². The number of anilines is 2. The molecule has 282 valence electrons. The molecule has 1 aliphatic carbocycles. The number of rotatable bonds is 6. The van der Waals surface area contributed by atoms with Gasteiger partial charge in [-0.3, -0.25) is 0 Å². The van der Waals surface area contributed by atoms with Crippen LogP contribution in [-0.4, -0.2) is 20.6 Å². The summed E-state index contributed by atoms with van der Waals surface area (Å²) >= 11 is 0. The molecule has 8 aromatic carbocycles. The minimum atomic E-state index is 0.223. The van der Waals surface area contributed by atoms with Crippen molar-refractivity contribution in [2.75, 3.05) is 4.90 Å². The summed E-state index contributed by atoms with van der Waals surface area (Å²) in [6.07, 6.45) is 7.76. The largest absolute Gasteiger partial charge is 0.333 e. The topological polar surface area (TPSA) is 34.0 Å². The molecule has 10 aromatic rings. The van der Waals surface area contributed by atoms with Gasteiger partial charge in [0.25, 0.3) is 0 Å². The van der Waals surface area contributed by atoms with Crippen molar-refractivity contribution in [1.29, 1.82) is 0 Å². The molecule has 4 heteroatoms. The lowest BCUT2D eigenvalue weighted by molar-refractivity contribution is 0.829. The molecule has 2 aliphatic rings. The predicted molar refractivity (Wildman–Crippen MR) is 250 cm³/mol. The Balaban J connectivity index is 0.916. The highest BCUT2D eigenvalue weighted by Gasteiger charge is 2.35. The van der Waals surface area contributed by atoms with Crippen molar-refractivity contribution in [2.45, 2.75) is 12.5 Å². The first kappa shape index (κ1) is 34.2. The molecule has 60 heavy (non-hydrogen) atoms. The number of para-hydroxylation sites is 2. The molecule has 1 aliphatic heterocycles. The summed E-state index contributed by atoms with van der Waals surface area (Å²) in [6.45, 7) is 0. The van der Waals surface area contributed by atoms with Crippen LogP contribution in [0.4, 0.5) is 11.4 Å². The summed E-state index contributed by atoms with van der Waals surface area (Å²) < 4.78 is 2.38. The van der Waals surface area contributed by atoms with Crippen LogP contribution >= 0.6 is 0 Å². The lowest BCUT2D eigenvalue weighted by atomic mass is 9.93. The number of aromatic nitrogens is 3. The summed E-state index contributed by atoms with van der Waals surface area (Å²) in [5.41, 5.74) is 16.0. The highest BCUT2D eigenvalue weighted by molar-refractivity contribution is 6.10. The van der Waals surface area contributed by atoms with Crippen LogP contribution in [0.5, 0.6) is 0 Å². The van der Waals surface area contributed by atoms with Gasteiger partial charge >= 0.3 is 0 Å². The lowest BCUT2D eigenvalue weighted by Gasteiger charge is -2.28. The molecule has 0 N–H and O–H groups in total. The second-order valence-corrected chi connectivity index (χ2v) is 15.8.